The molecule has 2 saturated heterocycles. The van der Waals surface area contributed by atoms with Gasteiger partial charge in [-0.3, -0.25) is 9.59 Å². The number of carbonyl (C=O) groups excluding carboxylic acids is 2. The molecule has 2 aromatic rings. The van der Waals surface area contributed by atoms with Crippen LogP contribution in [0.3, 0.4) is 0 Å². The van der Waals surface area contributed by atoms with Crippen molar-refractivity contribution in [1.82, 2.24) is 4.90 Å². The van der Waals surface area contributed by atoms with E-state index in [0.29, 0.717) is 17.9 Å². The summed E-state index contributed by atoms with van der Waals surface area (Å²) in [6.07, 6.45) is 0.771. The van der Waals surface area contributed by atoms with Crippen LogP contribution in [0.15, 0.2) is 60.2 Å². The normalized spacial score (nSPS) is 20.8. The fourth-order valence-corrected chi connectivity index (χ4v) is 4.60. The SMILES string of the molecule is CC(C)Oc1ccc(C2C(=C([O-])c3ccccc3)C(=O)C(=O)N2CCC[NH+]2CCOCC2)cc1. The van der Waals surface area contributed by atoms with Gasteiger partial charge >= 0.3 is 0 Å². The van der Waals surface area contributed by atoms with E-state index in [1.165, 1.54) is 4.90 Å². The van der Waals surface area contributed by atoms with Gasteiger partial charge in [0.1, 0.15) is 18.8 Å². The van der Waals surface area contributed by atoms with Crippen molar-refractivity contribution < 1.29 is 29.1 Å². The molecule has 34 heavy (non-hydrogen) atoms. The number of benzene rings is 2. The van der Waals surface area contributed by atoms with E-state index in [0.717, 1.165) is 44.8 Å². The Bertz CT molecular complexity index is 1030. The molecule has 4 rings (SSSR count). The van der Waals surface area contributed by atoms with E-state index >= 15 is 0 Å². The molecule has 0 radical (unpaired) electrons. The van der Waals surface area contributed by atoms with Gasteiger partial charge in [-0.15, -0.1) is 0 Å². The lowest BCUT2D eigenvalue weighted by atomic mass is 9.95. The van der Waals surface area contributed by atoms with Crippen molar-refractivity contribution >= 4 is 17.4 Å². The number of nitrogens with one attached hydrogen (secondary N) is 1. The molecule has 0 bridgehead atoms. The topological polar surface area (TPSA) is 83.3 Å². The van der Waals surface area contributed by atoms with Gasteiger partial charge < -0.3 is 24.4 Å². The van der Waals surface area contributed by atoms with Crippen LogP contribution in [-0.4, -0.2) is 62.1 Å². The third-order valence-corrected chi connectivity index (χ3v) is 6.26. The van der Waals surface area contributed by atoms with Crippen molar-refractivity contribution in [3.8, 4) is 5.75 Å². The molecule has 1 unspecified atom stereocenters. The fourth-order valence-electron chi connectivity index (χ4n) is 4.60. The molecule has 2 fully saturated rings. The molecule has 0 spiro atoms. The van der Waals surface area contributed by atoms with E-state index in [-0.39, 0.29) is 11.7 Å². The minimum atomic E-state index is -0.708. The first-order valence-electron chi connectivity index (χ1n) is 12.0. The molecule has 7 heteroatoms. The number of hydrogen-bond acceptors (Lipinski definition) is 5. The first kappa shape index (κ1) is 24.0. The second-order valence-corrected chi connectivity index (χ2v) is 9.04. The molecule has 0 saturated carbocycles. The average Bonchev–Trinajstić information content (AvgIpc) is 3.10. The predicted molar refractivity (Wildman–Crippen MR) is 126 cm³/mol. The molecule has 2 heterocycles. The van der Waals surface area contributed by atoms with Crippen molar-refractivity contribution in [2.45, 2.75) is 32.4 Å². The van der Waals surface area contributed by atoms with Crippen molar-refractivity contribution in [2.75, 3.05) is 39.4 Å². The Morgan fingerprint density at radius 3 is 2.41 bits per heavy atom. The number of carbonyl (C=O) groups is 2. The van der Waals surface area contributed by atoms with Gasteiger partial charge in [0.2, 0.25) is 5.78 Å². The van der Waals surface area contributed by atoms with Gasteiger partial charge in [0, 0.05) is 18.5 Å². The Morgan fingerprint density at radius 1 is 1.09 bits per heavy atom. The summed E-state index contributed by atoms with van der Waals surface area (Å²) in [6.45, 7) is 8.57. The first-order valence-corrected chi connectivity index (χ1v) is 12.0. The van der Waals surface area contributed by atoms with E-state index in [4.69, 9.17) is 9.47 Å². The highest BCUT2D eigenvalue weighted by Gasteiger charge is 2.44. The molecule has 7 nitrogen and oxygen atoms in total. The highest BCUT2D eigenvalue weighted by molar-refractivity contribution is 6.46. The standard InChI is InChI=1S/C27H32N2O5/c1-19(2)34-22-11-9-20(10-12-22)24-23(25(30)21-7-4-3-5-8-21)26(31)27(32)29(24)14-6-13-28-15-17-33-18-16-28/h3-5,7-12,19,24,30H,6,13-18H2,1-2H3. The number of morpholine rings is 1. The van der Waals surface area contributed by atoms with Crippen LogP contribution in [0.2, 0.25) is 0 Å². The number of ether oxygens (including phenoxy) is 2. The third-order valence-electron chi connectivity index (χ3n) is 6.26. The van der Waals surface area contributed by atoms with Crippen LogP contribution in [0.1, 0.15) is 37.4 Å². The Morgan fingerprint density at radius 2 is 1.76 bits per heavy atom. The number of likely N-dealkylation sites (tertiary alicyclic amines) is 1. The zero-order valence-corrected chi connectivity index (χ0v) is 19.8. The second-order valence-electron chi connectivity index (χ2n) is 9.04. The summed E-state index contributed by atoms with van der Waals surface area (Å²) in [5, 5.41) is 13.4. The summed E-state index contributed by atoms with van der Waals surface area (Å²) in [7, 11) is 0. The quantitative estimate of drug-likeness (QED) is 0.358. The van der Waals surface area contributed by atoms with E-state index in [2.05, 4.69) is 0 Å². The summed E-state index contributed by atoms with van der Waals surface area (Å²) in [6, 6.07) is 15.3. The number of rotatable bonds is 8. The molecule has 1 N–H and O–H groups in total. The number of quaternary nitrogens is 1. The molecule has 0 aliphatic carbocycles. The molecule has 2 aliphatic rings. The maximum atomic E-state index is 13.4. The van der Waals surface area contributed by atoms with Crippen LogP contribution in [-0.2, 0) is 14.3 Å². The largest absolute Gasteiger partial charge is 0.872 e. The Labute approximate surface area is 200 Å². The van der Waals surface area contributed by atoms with Crippen molar-refractivity contribution in [2.24, 2.45) is 0 Å². The van der Waals surface area contributed by atoms with E-state index in [9.17, 15) is 14.7 Å². The van der Waals surface area contributed by atoms with E-state index in [1.54, 1.807) is 29.2 Å². The summed E-state index contributed by atoms with van der Waals surface area (Å²) < 4.78 is 11.2. The minimum Gasteiger partial charge on any atom is -0.872 e. The number of nitrogens with zero attached hydrogens (tertiary/aromatic N) is 1. The molecule has 0 aromatic heterocycles. The number of amides is 1. The third kappa shape index (κ3) is 5.32. The Kier molecular flexibility index (Phi) is 7.65. The van der Waals surface area contributed by atoms with E-state index < -0.39 is 23.5 Å². The monoisotopic (exact) mass is 464 g/mol. The molecular formula is C27H32N2O5. The maximum Gasteiger partial charge on any atom is 0.295 e. The summed E-state index contributed by atoms with van der Waals surface area (Å²) >= 11 is 0. The van der Waals surface area contributed by atoms with Crippen LogP contribution in [0, 0.1) is 0 Å². The van der Waals surface area contributed by atoms with Gasteiger partial charge in [-0.1, -0.05) is 48.2 Å². The molecule has 2 aliphatic heterocycles. The lowest BCUT2D eigenvalue weighted by Crippen LogP contribution is -3.14. The Hall–Kier alpha value is -3.16. The summed E-state index contributed by atoms with van der Waals surface area (Å²) in [4.78, 5) is 29.2. The summed E-state index contributed by atoms with van der Waals surface area (Å²) in [5.74, 6) is -1.01. The molecular weight excluding hydrogens is 432 g/mol. The van der Waals surface area contributed by atoms with Crippen molar-refractivity contribution in [3.63, 3.8) is 0 Å². The van der Waals surface area contributed by atoms with Crippen molar-refractivity contribution in [1.29, 1.82) is 0 Å². The highest BCUT2D eigenvalue weighted by Crippen LogP contribution is 2.39. The van der Waals surface area contributed by atoms with Gasteiger partial charge in [-0.2, -0.15) is 0 Å². The van der Waals surface area contributed by atoms with Gasteiger partial charge in [-0.05, 0) is 37.1 Å². The van der Waals surface area contributed by atoms with Crippen molar-refractivity contribution in [3.05, 3.63) is 71.3 Å². The van der Waals surface area contributed by atoms with Crippen LogP contribution in [0.4, 0.5) is 0 Å². The fraction of sp³-hybridized carbons (Fsp3) is 0.407. The smallest absolute Gasteiger partial charge is 0.295 e. The maximum absolute atomic E-state index is 13.4. The molecule has 1 amide bonds. The van der Waals surface area contributed by atoms with Crippen LogP contribution in [0.5, 0.6) is 5.75 Å². The van der Waals surface area contributed by atoms with Crippen LogP contribution < -0.4 is 14.7 Å². The van der Waals surface area contributed by atoms with E-state index in [1.807, 2.05) is 44.2 Å². The highest BCUT2D eigenvalue weighted by atomic mass is 16.5. The zero-order chi connectivity index (χ0) is 24.1. The molecule has 2 aromatic carbocycles. The lowest BCUT2D eigenvalue weighted by Gasteiger charge is -2.29. The van der Waals surface area contributed by atoms with Gasteiger partial charge in [0.15, 0.2) is 0 Å². The molecule has 180 valence electrons. The number of ketones is 1. The minimum absolute atomic E-state index is 0.0208. The van der Waals surface area contributed by atoms with Gasteiger partial charge in [-0.25, -0.2) is 0 Å². The zero-order valence-electron chi connectivity index (χ0n) is 19.8. The molecule has 1 atom stereocenters. The summed E-state index contributed by atoms with van der Waals surface area (Å²) in [5.41, 5.74) is 1.16. The average molecular weight is 465 g/mol. The van der Waals surface area contributed by atoms with Crippen LogP contribution in [0.25, 0.3) is 5.76 Å². The predicted octanol–water partition coefficient (Wildman–Crippen LogP) is 1.00. The van der Waals surface area contributed by atoms with Crippen LogP contribution >= 0.6 is 0 Å². The number of Topliss-reactive ketones (excluding diaryl/α,β-unsaturated/α-hetero) is 1. The second kappa shape index (κ2) is 10.8. The number of hydrogen-bond donors (Lipinski definition) is 1. The van der Waals surface area contributed by atoms with Gasteiger partial charge in [0.25, 0.3) is 5.91 Å². The lowest BCUT2D eigenvalue weighted by molar-refractivity contribution is -0.908. The van der Waals surface area contributed by atoms with Gasteiger partial charge in [0.05, 0.1) is 31.9 Å². The Balaban J connectivity index is 1.64. The first-order chi connectivity index (χ1) is 16.5.